The number of carbonyl (C=O) groups is 2. The van der Waals surface area contributed by atoms with E-state index < -0.39 is 32.5 Å². The summed E-state index contributed by atoms with van der Waals surface area (Å²) in [7, 11) is -4.70. The topological polar surface area (TPSA) is 119 Å². The summed E-state index contributed by atoms with van der Waals surface area (Å²) in [4.78, 5) is 40.7. The molecule has 0 aliphatic rings. The third kappa shape index (κ3) is 18.4. The van der Waals surface area contributed by atoms with Crippen molar-refractivity contribution in [3.8, 4) is 0 Å². The van der Waals surface area contributed by atoms with Crippen LogP contribution in [0.4, 0.5) is 0 Å². The molecule has 0 saturated carbocycles. The highest BCUT2D eigenvalue weighted by Crippen LogP contribution is 2.35. The molecule has 1 unspecified atom stereocenters. The molecule has 0 aromatic heterocycles. The number of ether oxygens (including phenoxy) is 2. The summed E-state index contributed by atoms with van der Waals surface area (Å²) in [6.45, 7) is 2.98. The number of esters is 2. The maximum Gasteiger partial charge on any atom is 0.469 e. The minimum atomic E-state index is -4.70. The number of carbonyl (C=O) groups excluding carboxylic acids is 2. The SMILES string of the molecule is CCCCCCCCCCCCC(=O)OC(COC(=O)CC)COP(=O)(O)O. The number of phosphoric ester groups is 1. The fourth-order valence-corrected chi connectivity index (χ4v) is 2.95. The predicted molar refractivity (Wildman–Crippen MR) is 106 cm³/mol. The van der Waals surface area contributed by atoms with Gasteiger partial charge in [-0.25, -0.2) is 4.57 Å². The molecule has 28 heavy (non-hydrogen) atoms. The first-order valence-electron chi connectivity index (χ1n) is 10.3. The lowest BCUT2D eigenvalue weighted by molar-refractivity contribution is -0.161. The Bertz CT molecular complexity index is 463. The van der Waals surface area contributed by atoms with Gasteiger partial charge in [0.15, 0.2) is 6.10 Å². The van der Waals surface area contributed by atoms with Gasteiger partial charge in [0.05, 0.1) is 6.61 Å². The zero-order chi connectivity index (χ0) is 21.3. The number of rotatable bonds is 18. The Hall–Kier alpha value is -0.950. The van der Waals surface area contributed by atoms with E-state index in [1.54, 1.807) is 6.92 Å². The fraction of sp³-hybridized carbons (Fsp3) is 0.895. The third-order valence-corrected chi connectivity index (χ3v) is 4.67. The Morgan fingerprint density at radius 2 is 1.36 bits per heavy atom. The Balaban J connectivity index is 3.96. The van der Waals surface area contributed by atoms with E-state index >= 15 is 0 Å². The normalized spacial score (nSPS) is 12.6. The Kier molecular flexibility index (Phi) is 16.4. The van der Waals surface area contributed by atoms with Crippen molar-refractivity contribution >= 4 is 19.8 Å². The Labute approximate surface area is 168 Å². The molecule has 0 aromatic carbocycles. The smallest absolute Gasteiger partial charge is 0.462 e. The number of phosphoric acid groups is 1. The summed E-state index contributed by atoms with van der Waals surface area (Å²) >= 11 is 0. The van der Waals surface area contributed by atoms with Crippen molar-refractivity contribution in [3.05, 3.63) is 0 Å². The molecule has 2 N–H and O–H groups in total. The van der Waals surface area contributed by atoms with Gasteiger partial charge in [0.1, 0.15) is 6.61 Å². The predicted octanol–water partition coefficient (Wildman–Crippen LogP) is 4.27. The molecule has 0 saturated heterocycles. The molecule has 0 aliphatic carbocycles. The first kappa shape index (κ1) is 27.0. The molecule has 9 heteroatoms. The Morgan fingerprint density at radius 3 is 1.86 bits per heavy atom. The highest BCUT2D eigenvalue weighted by molar-refractivity contribution is 7.46. The van der Waals surface area contributed by atoms with Crippen LogP contribution < -0.4 is 0 Å². The molecular formula is C19H37O8P. The fourth-order valence-electron chi connectivity index (χ4n) is 2.59. The minimum Gasteiger partial charge on any atom is -0.462 e. The molecule has 0 aliphatic heterocycles. The summed E-state index contributed by atoms with van der Waals surface area (Å²) < 4.78 is 25.2. The molecule has 8 nitrogen and oxygen atoms in total. The van der Waals surface area contributed by atoms with E-state index in [9.17, 15) is 14.2 Å². The molecule has 0 spiro atoms. The number of hydrogen-bond donors (Lipinski definition) is 2. The average molecular weight is 424 g/mol. The van der Waals surface area contributed by atoms with Gasteiger partial charge in [-0.2, -0.15) is 0 Å². The van der Waals surface area contributed by atoms with Crippen LogP contribution in [-0.4, -0.2) is 41.0 Å². The van der Waals surface area contributed by atoms with E-state index in [4.69, 9.17) is 19.3 Å². The van der Waals surface area contributed by atoms with E-state index in [2.05, 4.69) is 11.4 Å². The van der Waals surface area contributed by atoms with Gasteiger partial charge in [-0.3, -0.25) is 14.1 Å². The quantitative estimate of drug-likeness (QED) is 0.190. The van der Waals surface area contributed by atoms with Gasteiger partial charge in [-0.05, 0) is 6.42 Å². The Morgan fingerprint density at radius 1 is 0.821 bits per heavy atom. The van der Waals surface area contributed by atoms with Crippen molar-refractivity contribution in [2.24, 2.45) is 0 Å². The second-order valence-corrected chi connectivity index (χ2v) is 8.11. The van der Waals surface area contributed by atoms with Crippen LogP contribution in [0, 0.1) is 0 Å². The van der Waals surface area contributed by atoms with Crippen LogP contribution in [0.25, 0.3) is 0 Å². The van der Waals surface area contributed by atoms with E-state index in [0.29, 0.717) is 6.42 Å². The zero-order valence-corrected chi connectivity index (χ0v) is 18.2. The van der Waals surface area contributed by atoms with Gasteiger partial charge in [0.25, 0.3) is 0 Å². The van der Waals surface area contributed by atoms with Crippen LogP contribution in [0.3, 0.4) is 0 Å². The third-order valence-electron chi connectivity index (χ3n) is 4.18. The van der Waals surface area contributed by atoms with Crippen LogP contribution in [0.1, 0.15) is 90.9 Å². The molecule has 0 aromatic rings. The molecule has 0 rings (SSSR count). The van der Waals surface area contributed by atoms with Crippen molar-refractivity contribution in [2.75, 3.05) is 13.2 Å². The molecule has 0 heterocycles. The molecule has 1 atom stereocenters. The van der Waals surface area contributed by atoms with Crippen LogP contribution in [-0.2, 0) is 28.2 Å². The molecule has 0 bridgehead atoms. The summed E-state index contributed by atoms with van der Waals surface area (Å²) in [6.07, 6.45) is 10.8. The maximum absolute atomic E-state index is 11.9. The highest BCUT2D eigenvalue weighted by atomic mass is 31.2. The molecule has 166 valence electrons. The van der Waals surface area contributed by atoms with Crippen LogP contribution >= 0.6 is 7.82 Å². The lowest BCUT2D eigenvalue weighted by atomic mass is 10.1. The average Bonchev–Trinajstić information content (AvgIpc) is 2.64. The second kappa shape index (κ2) is 17.0. The van der Waals surface area contributed by atoms with Gasteiger partial charge in [-0.1, -0.05) is 71.6 Å². The van der Waals surface area contributed by atoms with Crippen LogP contribution in [0.15, 0.2) is 0 Å². The van der Waals surface area contributed by atoms with Gasteiger partial charge in [0.2, 0.25) is 0 Å². The van der Waals surface area contributed by atoms with E-state index in [-0.39, 0.29) is 19.4 Å². The summed E-state index contributed by atoms with van der Waals surface area (Å²) in [6, 6.07) is 0. The standard InChI is InChI=1S/C19H37O8P/c1-3-5-6-7-8-9-10-11-12-13-14-19(21)27-17(15-25-18(20)4-2)16-26-28(22,23)24/h17H,3-16H2,1-2H3,(H2,22,23,24). The molecular weight excluding hydrogens is 387 g/mol. The monoisotopic (exact) mass is 424 g/mol. The second-order valence-electron chi connectivity index (χ2n) is 6.87. The number of unbranched alkanes of at least 4 members (excludes halogenated alkanes) is 9. The van der Waals surface area contributed by atoms with Crippen LogP contribution in [0.5, 0.6) is 0 Å². The van der Waals surface area contributed by atoms with Gasteiger partial charge in [0, 0.05) is 12.8 Å². The van der Waals surface area contributed by atoms with E-state index in [1.807, 2.05) is 0 Å². The van der Waals surface area contributed by atoms with Gasteiger partial charge >= 0.3 is 19.8 Å². The molecule has 0 amide bonds. The summed E-state index contributed by atoms with van der Waals surface area (Å²) in [5, 5.41) is 0. The largest absolute Gasteiger partial charge is 0.469 e. The lowest BCUT2D eigenvalue weighted by Crippen LogP contribution is -2.29. The van der Waals surface area contributed by atoms with Gasteiger partial charge < -0.3 is 19.3 Å². The molecule has 0 fully saturated rings. The lowest BCUT2D eigenvalue weighted by Gasteiger charge is -2.18. The summed E-state index contributed by atoms with van der Waals surface area (Å²) in [5.74, 6) is -0.988. The first-order valence-corrected chi connectivity index (χ1v) is 11.9. The van der Waals surface area contributed by atoms with Crippen LogP contribution in [0.2, 0.25) is 0 Å². The van der Waals surface area contributed by atoms with Crippen molar-refractivity contribution < 1.29 is 37.9 Å². The highest BCUT2D eigenvalue weighted by Gasteiger charge is 2.22. The van der Waals surface area contributed by atoms with Crippen molar-refractivity contribution in [2.45, 2.75) is 97.0 Å². The molecule has 0 radical (unpaired) electrons. The summed E-state index contributed by atoms with van der Waals surface area (Å²) in [5.41, 5.74) is 0. The zero-order valence-electron chi connectivity index (χ0n) is 17.3. The van der Waals surface area contributed by atoms with Crippen molar-refractivity contribution in [1.29, 1.82) is 0 Å². The van der Waals surface area contributed by atoms with Gasteiger partial charge in [-0.15, -0.1) is 0 Å². The minimum absolute atomic E-state index is 0.151. The van der Waals surface area contributed by atoms with E-state index in [1.165, 1.54) is 38.5 Å². The first-order chi connectivity index (χ1) is 13.3. The van der Waals surface area contributed by atoms with Crippen molar-refractivity contribution in [1.82, 2.24) is 0 Å². The van der Waals surface area contributed by atoms with Crippen molar-refractivity contribution in [3.63, 3.8) is 0 Å². The van der Waals surface area contributed by atoms with E-state index in [0.717, 1.165) is 19.3 Å². The number of hydrogen-bond acceptors (Lipinski definition) is 6. The maximum atomic E-state index is 11.9.